The maximum atomic E-state index is 5.63. The quantitative estimate of drug-likeness (QED) is 0.725. The Hall–Kier alpha value is -2.17. The minimum atomic E-state index is 0.567. The van der Waals surface area contributed by atoms with Crippen LogP contribution in [0.2, 0.25) is 0 Å². The molecule has 3 rings (SSSR count). The highest BCUT2D eigenvalue weighted by atomic mass is 32.1. The van der Waals surface area contributed by atoms with Gasteiger partial charge in [0.2, 0.25) is 0 Å². The Balaban J connectivity index is 1.81. The Morgan fingerprint density at radius 2 is 1.86 bits per heavy atom. The second-order valence-electron chi connectivity index (χ2n) is 5.07. The molecule has 2 aromatic carbocycles. The van der Waals surface area contributed by atoms with Gasteiger partial charge in [-0.15, -0.1) is 11.3 Å². The van der Waals surface area contributed by atoms with Crippen LogP contribution in [0.15, 0.2) is 53.9 Å². The first-order valence-corrected chi connectivity index (χ1v) is 8.28. The van der Waals surface area contributed by atoms with E-state index < -0.39 is 0 Å². The minimum absolute atomic E-state index is 0.567. The van der Waals surface area contributed by atoms with Crippen LogP contribution in [-0.2, 0) is 13.0 Å². The number of nitrogens with zero attached hydrogens (tertiary/aromatic N) is 1. The number of hydrogen-bond donors (Lipinski definition) is 2. The van der Waals surface area contributed by atoms with Crippen molar-refractivity contribution in [3.63, 3.8) is 0 Å². The molecule has 0 radical (unpaired) electrons. The normalized spacial score (nSPS) is 10.6. The van der Waals surface area contributed by atoms with Gasteiger partial charge in [-0.3, -0.25) is 0 Å². The van der Waals surface area contributed by atoms with Crippen molar-refractivity contribution < 1.29 is 0 Å². The van der Waals surface area contributed by atoms with E-state index >= 15 is 0 Å². The lowest BCUT2D eigenvalue weighted by molar-refractivity contribution is 1.07. The highest BCUT2D eigenvalue weighted by molar-refractivity contribution is 7.14. The number of hydrogen-bond acceptors (Lipinski definition) is 4. The fourth-order valence-corrected chi connectivity index (χ4v) is 3.07. The minimum Gasteiger partial charge on any atom is -0.331 e. The molecule has 0 aliphatic rings. The molecule has 0 bridgehead atoms. The fraction of sp³-hybridized carbons (Fsp3) is 0.167. The highest BCUT2D eigenvalue weighted by Crippen LogP contribution is 2.28. The molecule has 0 amide bonds. The molecule has 3 nitrogen and oxygen atoms in total. The summed E-state index contributed by atoms with van der Waals surface area (Å²) in [6.07, 6.45) is 1.00. The molecule has 1 aromatic heterocycles. The maximum absolute atomic E-state index is 5.63. The summed E-state index contributed by atoms with van der Waals surface area (Å²) < 4.78 is 0. The number of aryl methyl sites for hydroxylation is 1. The first-order valence-electron chi connectivity index (χ1n) is 7.40. The van der Waals surface area contributed by atoms with Crippen molar-refractivity contribution in [1.29, 1.82) is 0 Å². The van der Waals surface area contributed by atoms with E-state index in [1.807, 2.05) is 18.2 Å². The molecule has 0 atom stereocenters. The van der Waals surface area contributed by atoms with Crippen LogP contribution in [0.25, 0.3) is 11.3 Å². The molecule has 1 heterocycles. The Labute approximate surface area is 134 Å². The van der Waals surface area contributed by atoms with Crippen molar-refractivity contribution in [2.24, 2.45) is 5.73 Å². The second-order valence-corrected chi connectivity index (χ2v) is 5.93. The number of nitrogens with two attached hydrogens (primary N) is 1. The van der Waals surface area contributed by atoms with Gasteiger partial charge in [0.15, 0.2) is 5.13 Å². The van der Waals surface area contributed by atoms with Gasteiger partial charge >= 0.3 is 0 Å². The van der Waals surface area contributed by atoms with Gasteiger partial charge in [-0.25, -0.2) is 4.98 Å². The standard InChI is InChI=1S/C18H19N3S/c1-2-14-5-3-4-6-16(14)20-18-21-17(12-22-18)15-9-7-13(11-19)8-10-15/h3-10,12H,2,11,19H2,1H3,(H,20,21). The molecule has 0 unspecified atom stereocenters. The van der Waals surface area contributed by atoms with Crippen molar-refractivity contribution in [2.45, 2.75) is 19.9 Å². The first kappa shape index (κ1) is 14.8. The summed E-state index contributed by atoms with van der Waals surface area (Å²) in [7, 11) is 0. The van der Waals surface area contributed by atoms with Crippen LogP contribution in [0.5, 0.6) is 0 Å². The van der Waals surface area contributed by atoms with Gasteiger partial charge < -0.3 is 11.1 Å². The highest BCUT2D eigenvalue weighted by Gasteiger charge is 2.06. The van der Waals surface area contributed by atoms with Gasteiger partial charge in [-0.2, -0.15) is 0 Å². The van der Waals surface area contributed by atoms with E-state index in [0.717, 1.165) is 34.1 Å². The molecule has 0 saturated heterocycles. The predicted octanol–water partition coefficient (Wildman–Crippen LogP) is 4.57. The van der Waals surface area contributed by atoms with Gasteiger partial charge in [0.25, 0.3) is 0 Å². The van der Waals surface area contributed by atoms with Crippen molar-refractivity contribution in [3.05, 3.63) is 65.0 Å². The van der Waals surface area contributed by atoms with Crippen molar-refractivity contribution in [2.75, 3.05) is 5.32 Å². The van der Waals surface area contributed by atoms with E-state index in [1.54, 1.807) is 11.3 Å². The molecule has 3 aromatic rings. The van der Waals surface area contributed by atoms with E-state index in [0.29, 0.717) is 6.54 Å². The lowest BCUT2D eigenvalue weighted by Gasteiger charge is -2.07. The molecule has 0 aliphatic carbocycles. The summed E-state index contributed by atoms with van der Waals surface area (Å²) in [6.45, 7) is 2.73. The lowest BCUT2D eigenvalue weighted by Crippen LogP contribution is -1.95. The zero-order chi connectivity index (χ0) is 15.4. The molecule has 112 valence electrons. The van der Waals surface area contributed by atoms with E-state index in [-0.39, 0.29) is 0 Å². The number of aromatic nitrogens is 1. The number of para-hydroxylation sites is 1. The lowest BCUT2D eigenvalue weighted by atomic mass is 10.1. The maximum Gasteiger partial charge on any atom is 0.187 e. The summed E-state index contributed by atoms with van der Waals surface area (Å²) in [5.41, 5.74) is 11.3. The predicted molar refractivity (Wildman–Crippen MR) is 94.5 cm³/mol. The third kappa shape index (κ3) is 3.18. The van der Waals surface area contributed by atoms with E-state index in [4.69, 9.17) is 5.73 Å². The molecular formula is C18H19N3S. The SMILES string of the molecule is CCc1ccccc1Nc1nc(-c2ccc(CN)cc2)cs1. The number of nitrogens with one attached hydrogen (secondary N) is 1. The van der Waals surface area contributed by atoms with Crippen LogP contribution in [0.3, 0.4) is 0 Å². The summed E-state index contributed by atoms with van der Waals surface area (Å²) in [5.74, 6) is 0. The Kier molecular flexibility index (Phi) is 4.51. The topological polar surface area (TPSA) is 50.9 Å². The van der Waals surface area contributed by atoms with Gasteiger partial charge in [0.05, 0.1) is 5.69 Å². The van der Waals surface area contributed by atoms with Gasteiger partial charge in [-0.1, -0.05) is 49.4 Å². The largest absolute Gasteiger partial charge is 0.331 e. The van der Waals surface area contributed by atoms with Crippen molar-refractivity contribution in [3.8, 4) is 11.3 Å². The van der Waals surface area contributed by atoms with Crippen molar-refractivity contribution in [1.82, 2.24) is 4.98 Å². The van der Waals surface area contributed by atoms with E-state index in [1.165, 1.54) is 5.56 Å². The van der Waals surface area contributed by atoms with Gasteiger partial charge in [0.1, 0.15) is 0 Å². The van der Waals surface area contributed by atoms with Crippen LogP contribution in [0.1, 0.15) is 18.1 Å². The number of anilines is 2. The average molecular weight is 309 g/mol. The van der Waals surface area contributed by atoms with Gasteiger partial charge in [0, 0.05) is 23.2 Å². The number of benzene rings is 2. The molecule has 0 saturated carbocycles. The van der Waals surface area contributed by atoms with Crippen LogP contribution in [0, 0.1) is 0 Å². The molecule has 0 spiro atoms. The zero-order valence-electron chi connectivity index (χ0n) is 12.5. The molecule has 0 aliphatic heterocycles. The molecule has 4 heteroatoms. The monoisotopic (exact) mass is 309 g/mol. The summed E-state index contributed by atoms with van der Waals surface area (Å²) >= 11 is 1.62. The molecule has 0 fully saturated rings. The molecule has 3 N–H and O–H groups in total. The summed E-state index contributed by atoms with van der Waals surface area (Å²) in [6, 6.07) is 16.6. The van der Waals surface area contributed by atoms with Crippen LogP contribution < -0.4 is 11.1 Å². The zero-order valence-corrected chi connectivity index (χ0v) is 13.4. The fourth-order valence-electron chi connectivity index (χ4n) is 2.34. The smallest absolute Gasteiger partial charge is 0.187 e. The molecule has 22 heavy (non-hydrogen) atoms. The van der Waals surface area contributed by atoms with Crippen LogP contribution in [0.4, 0.5) is 10.8 Å². The first-order chi connectivity index (χ1) is 10.8. The summed E-state index contributed by atoms with van der Waals surface area (Å²) in [4.78, 5) is 4.68. The van der Waals surface area contributed by atoms with E-state index in [2.05, 4.69) is 52.9 Å². The average Bonchev–Trinajstić information content (AvgIpc) is 3.04. The van der Waals surface area contributed by atoms with Crippen LogP contribution in [-0.4, -0.2) is 4.98 Å². The Morgan fingerprint density at radius 3 is 2.59 bits per heavy atom. The number of thiazole rings is 1. The third-order valence-electron chi connectivity index (χ3n) is 3.63. The van der Waals surface area contributed by atoms with E-state index in [9.17, 15) is 0 Å². The second kappa shape index (κ2) is 6.73. The number of rotatable bonds is 5. The van der Waals surface area contributed by atoms with Crippen molar-refractivity contribution >= 4 is 22.2 Å². The summed E-state index contributed by atoms with van der Waals surface area (Å²) in [5, 5.41) is 6.42. The van der Waals surface area contributed by atoms with Gasteiger partial charge in [-0.05, 0) is 23.6 Å². The Bertz CT molecular complexity index is 747. The molecular weight excluding hydrogens is 290 g/mol. The Morgan fingerprint density at radius 1 is 1.09 bits per heavy atom. The van der Waals surface area contributed by atoms with Crippen LogP contribution >= 0.6 is 11.3 Å². The third-order valence-corrected chi connectivity index (χ3v) is 4.39.